The topological polar surface area (TPSA) is 107 Å². The molecule has 144 valence electrons. The number of rotatable bonds is 12. The van der Waals surface area contributed by atoms with Gasteiger partial charge in [0.25, 0.3) is 0 Å². The lowest BCUT2D eigenvalue weighted by atomic mass is 10.1. The molecule has 0 aromatic heterocycles. The highest BCUT2D eigenvalue weighted by atomic mass is 31.2. The Labute approximate surface area is 142 Å². The lowest BCUT2D eigenvalue weighted by molar-refractivity contribution is 0.193. The van der Waals surface area contributed by atoms with Crippen LogP contribution in [0.4, 0.5) is 0 Å². The standard InChI is InChI=1S/C12H27O4P.2C2H6O/c1-2-3-4-5-6-7-8-9-10-11-12-16-17(13,14)15;2*1-2-3/h2-12H2,1H3,(H2,13,14,15);2*3H,2H2,1H3. The van der Waals surface area contributed by atoms with Crippen molar-refractivity contribution in [3.63, 3.8) is 0 Å². The van der Waals surface area contributed by atoms with Gasteiger partial charge in [0.2, 0.25) is 0 Å². The highest BCUT2D eigenvalue weighted by Crippen LogP contribution is 2.35. The van der Waals surface area contributed by atoms with Gasteiger partial charge in [-0.15, -0.1) is 0 Å². The first kappa shape index (κ1) is 27.9. The second-order valence-electron chi connectivity index (χ2n) is 5.14. The zero-order valence-corrected chi connectivity index (χ0v) is 16.1. The van der Waals surface area contributed by atoms with Crippen molar-refractivity contribution < 1.29 is 29.1 Å². The molecule has 6 nitrogen and oxygen atoms in total. The van der Waals surface area contributed by atoms with Gasteiger partial charge in [0.15, 0.2) is 0 Å². The maximum absolute atomic E-state index is 10.4. The van der Waals surface area contributed by atoms with Crippen LogP contribution in [0.25, 0.3) is 0 Å². The smallest absolute Gasteiger partial charge is 0.397 e. The minimum absolute atomic E-state index is 0.167. The zero-order chi connectivity index (χ0) is 18.4. The third-order valence-electron chi connectivity index (χ3n) is 2.76. The van der Waals surface area contributed by atoms with Crippen LogP contribution in [-0.2, 0) is 9.09 Å². The minimum atomic E-state index is -4.24. The van der Waals surface area contributed by atoms with Crippen LogP contribution < -0.4 is 0 Å². The van der Waals surface area contributed by atoms with Gasteiger partial charge in [-0.3, -0.25) is 4.52 Å². The molecule has 0 saturated heterocycles. The molecule has 0 heterocycles. The van der Waals surface area contributed by atoms with Crippen molar-refractivity contribution in [3.05, 3.63) is 0 Å². The highest BCUT2D eigenvalue weighted by molar-refractivity contribution is 7.46. The molecule has 0 aliphatic carbocycles. The quantitative estimate of drug-likeness (QED) is 0.310. The predicted molar refractivity (Wildman–Crippen MR) is 95.4 cm³/mol. The van der Waals surface area contributed by atoms with Crippen LogP contribution in [0.3, 0.4) is 0 Å². The molecule has 0 amide bonds. The number of aliphatic hydroxyl groups is 2. The van der Waals surface area contributed by atoms with Gasteiger partial charge in [-0.05, 0) is 20.3 Å². The van der Waals surface area contributed by atoms with Crippen molar-refractivity contribution >= 4 is 7.82 Å². The van der Waals surface area contributed by atoms with E-state index in [2.05, 4.69) is 11.4 Å². The summed E-state index contributed by atoms with van der Waals surface area (Å²) in [5, 5.41) is 15.1. The summed E-state index contributed by atoms with van der Waals surface area (Å²) < 4.78 is 14.7. The number of hydrogen-bond donors (Lipinski definition) is 4. The summed E-state index contributed by atoms with van der Waals surface area (Å²) in [4.78, 5) is 16.9. The molecule has 0 spiro atoms. The molecule has 4 N–H and O–H groups in total. The third kappa shape index (κ3) is 44.9. The average molecular weight is 358 g/mol. The van der Waals surface area contributed by atoms with Crippen molar-refractivity contribution in [2.24, 2.45) is 0 Å². The SMILES string of the molecule is CCCCCCCCCCCCOP(=O)(O)O.CCO.CCO. The van der Waals surface area contributed by atoms with E-state index < -0.39 is 7.82 Å². The first-order valence-corrected chi connectivity index (χ1v) is 10.3. The van der Waals surface area contributed by atoms with Crippen molar-refractivity contribution in [1.82, 2.24) is 0 Å². The van der Waals surface area contributed by atoms with E-state index in [1.807, 2.05) is 0 Å². The molecular formula is C16H39O6P. The summed E-state index contributed by atoms with van der Waals surface area (Å²) in [6.07, 6.45) is 12.0. The number of hydrogen-bond acceptors (Lipinski definition) is 4. The molecule has 0 radical (unpaired) electrons. The maximum Gasteiger partial charge on any atom is 0.469 e. The van der Waals surface area contributed by atoms with Crippen molar-refractivity contribution in [2.45, 2.75) is 85.0 Å². The van der Waals surface area contributed by atoms with Crippen LogP contribution in [0.2, 0.25) is 0 Å². The second kappa shape index (κ2) is 24.3. The Balaban J connectivity index is -0.000000573. The van der Waals surface area contributed by atoms with Crippen LogP contribution in [0.1, 0.15) is 85.0 Å². The van der Waals surface area contributed by atoms with Crippen LogP contribution >= 0.6 is 7.82 Å². The fourth-order valence-electron chi connectivity index (χ4n) is 1.77. The summed E-state index contributed by atoms with van der Waals surface area (Å²) in [6.45, 7) is 6.25. The first-order valence-electron chi connectivity index (χ1n) is 8.81. The van der Waals surface area contributed by atoms with E-state index in [0.717, 1.165) is 19.3 Å². The molecular weight excluding hydrogens is 319 g/mol. The molecule has 0 aromatic rings. The lowest BCUT2D eigenvalue weighted by Crippen LogP contribution is -1.92. The van der Waals surface area contributed by atoms with Gasteiger partial charge in [-0.1, -0.05) is 64.7 Å². The second-order valence-corrected chi connectivity index (χ2v) is 6.38. The van der Waals surface area contributed by atoms with E-state index >= 15 is 0 Å². The van der Waals surface area contributed by atoms with E-state index in [9.17, 15) is 4.57 Å². The van der Waals surface area contributed by atoms with Gasteiger partial charge < -0.3 is 20.0 Å². The zero-order valence-electron chi connectivity index (χ0n) is 15.2. The van der Waals surface area contributed by atoms with Crippen LogP contribution in [0.5, 0.6) is 0 Å². The van der Waals surface area contributed by atoms with Gasteiger partial charge in [0, 0.05) is 13.2 Å². The normalized spacial score (nSPS) is 10.4. The van der Waals surface area contributed by atoms with Gasteiger partial charge in [-0.2, -0.15) is 0 Å². The molecule has 0 saturated carbocycles. The van der Waals surface area contributed by atoms with Gasteiger partial charge in [0.1, 0.15) is 0 Å². The van der Waals surface area contributed by atoms with Crippen molar-refractivity contribution in [3.8, 4) is 0 Å². The molecule has 0 rings (SSSR count). The molecule has 0 unspecified atom stereocenters. The van der Waals surface area contributed by atoms with Crippen LogP contribution in [-0.4, -0.2) is 39.8 Å². The third-order valence-corrected chi connectivity index (χ3v) is 3.28. The Bertz CT molecular complexity index is 231. The van der Waals surface area contributed by atoms with Gasteiger partial charge in [-0.25, -0.2) is 4.57 Å². The summed E-state index contributed by atoms with van der Waals surface area (Å²) in [5.74, 6) is 0. The number of phosphoric acid groups is 1. The Kier molecular flexibility index (Phi) is 29.4. The van der Waals surface area contributed by atoms with E-state index in [4.69, 9.17) is 20.0 Å². The fourth-order valence-corrected chi connectivity index (χ4v) is 2.14. The minimum Gasteiger partial charge on any atom is -0.397 e. The van der Waals surface area contributed by atoms with Gasteiger partial charge >= 0.3 is 7.82 Å². The Morgan fingerprint density at radius 3 is 1.30 bits per heavy atom. The molecule has 0 aromatic carbocycles. The van der Waals surface area contributed by atoms with E-state index in [1.54, 1.807) is 13.8 Å². The molecule has 23 heavy (non-hydrogen) atoms. The van der Waals surface area contributed by atoms with Crippen molar-refractivity contribution in [1.29, 1.82) is 0 Å². The van der Waals surface area contributed by atoms with Crippen LogP contribution in [0.15, 0.2) is 0 Å². The average Bonchev–Trinajstić information content (AvgIpc) is 2.45. The molecule has 7 heteroatoms. The summed E-state index contributed by atoms with van der Waals surface area (Å²) >= 11 is 0. The highest BCUT2D eigenvalue weighted by Gasteiger charge is 2.12. The monoisotopic (exact) mass is 358 g/mol. The molecule has 0 aliphatic heterocycles. The van der Waals surface area contributed by atoms with Gasteiger partial charge in [0.05, 0.1) is 6.61 Å². The van der Waals surface area contributed by atoms with E-state index in [0.29, 0.717) is 0 Å². The van der Waals surface area contributed by atoms with Crippen LogP contribution in [0, 0.1) is 0 Å². The lowest BCUT2D eigenvalue weighted by Gasteiger charge is -2.05. The Morgan fingerprint density at radius 2 is 1.00 bits per heavy atom. The molecule has 0 atom stereocenters. The number of unbranched alkanes of at least 4 members (excludes halogenated alkanes) is 9. The first-order chi connectivity index (χ1) is 10.9. The predicted octanol–water partition coefficient (Wildman–Crippen LogP) is 4.01. The Morgan fingerprint density at radius 1 is 0.696 bits per heavy atom. The number of aliphatic hydroxyl groups excluding tert-OH is 2. The largest absolute Gasteiger partial charge is 0.469 e. The summed E-state index contributed by atoms with van der Waals surface area (Å²) in [7, 11) is -4.24. The summed E-state index contributed by atoms with van der Waals surface area (Å²) in [5.41, 5.74) is 0. The molecule has 0 aliphatic rings. The summed E-state index contributed by atoms with van der Waals surface area (Å²) in [6, 6.07) is 0. The number of phosphoric ester groups is 1. The molecule has 0 fully saturated rings. The van der Waals surface area contributed by atoms with E-state index in [1.165, 1.54) is 44.9 Å². The van der Waals surface area contributed by atoms with E-state index in [-0.39, 0.29) is 19.8 Å². The van der Waals surface area contributed by atoms with Crippen molar-refractivity contribution in [2.75, 3.05) is 19.8 Å². The maximum atomic E-state index is 10.4. The fraction of sp³-hybridized carbons (Fsp3) is 1.00. The Hall–Kier alpha value is 0.0300. The molecule has 0 bridgehead atoms.